The van der Waals surface area contributed by atoms with Gasteiger partial charge in [-0.1, -0.05) is 15.9 Å². The van der Waals surface area contributed by atoms with E-state index in [-0.39, 0.29) is 5.91 Å². The summed E-state index contributed by atoms with van der Waals surface area (Å²) in [4.78, 5) is 12.1. The lowest BCUT2D eigenvalue weighted by Gasteiger charge is -2.08. The quantitative estimate of drug-likeness (QED) is 0.868. The summed E-state index contributed by atoms with van der Waals surface area (Å²) in [6.07, 6.45) is 0. The molecule has 0 saturated carbocycles. The zero-order valence-electron chi connectivity index (χ0n) is 11.5. The first-order valence-corrected chi connectivity index (χ1v) is 7.31. The van der Waals surface area contributed by atoms with Gasteiger partial charge in [0.1, 0.15) is 0 Å². The molecule has 0 radical (unpaired) electrons. The summed E-state index contributed by atoms with van der Waals surface area (Å²) in [5, 5.41) is 6.10. The molecule has 0 saturated heterocycles. The Kier molecular flexibility index (Phi) is 4.79. The fourth-order valence-electron chi connectivity index (χ4n) is 1.87. The van der Waals surface area contributed by atoms with Gasteiger partial charge in [-0.25, -0.2) is 0 Å². The van der Waals surface area contributed by atoms with Crippen LogP contribution in [0.15, 0.2) is 46.9 Å². The Bertz CT molecular complexity index is 608. The molecular weight excluding hydrogens is 316 g/mol. The average Bonchev–Trinajstić information content (AvgIpc) is 2.44. The van der Waals surface area contributed by atoms with Gasteiger partial charge < -0.3 is 10.6 Å². The number of rotatable bonds is 4. The van der Waals surface area contributed by atoms with Crippen LogP contribution in [0.3, 0.4) is 0 Å². The molecule has 2 aromatic rings. The molecule has 2 rings (SSSR count). The number of hydrogen-bond acceptors (Lipinski definition) is 2. The van der Waals surface area contributed by atoms with Gasteiger partial charge in [0.05, 0.1) is 0 Å². The van der Waals surface area contributed by atoms with Crippen LogP contribution in [-0.2, 0) is 0 Å². The third kappa shape index (κ3) is 3.61. The van der Waals surface area contributed by atoms with Gasteiger partial charge in [-0.15, -0.1) is 0 Å². The standard InChI is InChI=1S/C16H17BrN2O/c1-3-18-13-6-4-12(5-7-13)16(20)19-14-8-9-15(17)11(2)10-14/h4-10,18H,3H2,1-2H3,(H,19,20). The number of amides is 1. The highest BCUT2D eigenvalue weighted by Gasteiger charge is 2.06. The number of carbonyl (C=O) groups is 1. The summed E-state index contributed by atoms with van der Waals surface area (Å²) in [5.41, 5.74) is 3.55. The summed E-state index contributed by atoms with van der Waals surface area (Å²) in [5.74, 6) is -0.102. The van der Waals surface area contributed by atoms with E-state index < -0.39 is 0 Å². The van der Waals surface area contributed by atoms with Crippen LogP contribution >= 0.6 is 15.9 Å². The minimum absolute atomic E-state index is 0.102. The predicted molar refractivity (Wildman–Crippen MR) is 87.4 cm³/mol. The normalized spacial score (nSPS) is 10.2. The molecule has 0 aromatic heterocycles. The zero-order chi connectivity index (χ0) is 14.5. The first kappa shape index (κ1) is 14.6. The predicted octanol–water partition coefficient (Wildman–Crippen LogP) is 4.44. The summed E-state index contributed by atoms with van der Waals surface area (Å²) < 4.78 is 1.03. The second-order valence-corrected chi connectivity index (χ2v) is 5.38. The Morgan fingerprint density at radius 3 is 2.35 bits per heavy atom. The first-order chi connectivity index (χ1) is 9.60. The molecule has 1 amide bonds. The van der Waals surface area contributed by atoms with E-state index in [4.69, 9.17) is 0 Å². The van der Waals surface area contributed by atoms with Crippen molar-refractivity contribution in [3.63, 3.8) is 0 Å². The fraction of sp³-hybridized carbons (Fsp3) is 0.188. The van der Waals surface area contributed by atoms with E-state index in [9.17, 15) is 4.79 Å². The molecule has 0 atom stereocenters. The molecule has 2 N–H and O–H groups in total. The van der Waals surface area contributed by atoms with Gasteiger partial charge in [0, 0.05) is 28.0 Å². The van der Waals surface area contributed by atoms with E-state index in [2.05, 4.69) is 26.6 Å². The minimum Gasteiger partial charge on any atom is -0.385 e. The van der Waals surface area contributed by atoms with E-state index in [1.54, 1.807) is 0 Å². The highest BCUT2D eigenvalue weighted by Crippen LogP contribution is 2.20. The topological polar surface area (TPSA) is 41.1 Å². The summed E-state index contributed by atoms with van der Waals surface area (Å²) in [7, 11) is 0. The molecule has 2 aromatic carbocycles. The van der Waals surface area contributed by atoms with Gasteiger partial charge in [0.25, 0.3) is 5.91 Å². The van der Waals surface area contributed by atoms with Crippen molar-refractivity contribution in [2.24, 2.45) is 0 Å². The third-order valence-corrected chi connectivity index (χ3v) is 3.83. The van der Waals surface area contributed by atoms with E-state index in [1.165, 1.54) is 0 Å². The van der Waals surface area contributed by atoms with Crippen LogP contribution in [0.25, 0.3) is 0 Å². The van der Waals surface area contributed by atoms with Crippen LogP contribution < -0.4 is 10.6 Å². The van der Waals surface area contributed by atoms with Gasteiger partial charge in [-0.3, -0.25) is 4.79 Å². The van der Waals surface area contributed by atoms with Crippen LogP contribution in [0.5, 0.6) is 0 Å². The number of benzene rings is 2. The number of hydrogen-bond donors (Lipinski definition) is 2. The maximum Gasteiger partial charge on any atom is 0.255 e. The molecule has 0 aliphatic heterocycles. The zero-order valence-corrected chi connectivity index (χ0v) is 13.1. The summed E-state index contributed by atoms with van der Waals surface area (Å²) in [6.45, 7) is 4.89. The van der Waals surface area contributed by atoms with Crippen LogP contribution in [-0.4, -0.2) is 12.5 Å². The SMILES string of the molecule is CCNc1ccc(C(=O)Nc2ccc(Br)c(C)c2)cc1. The van der Waals surface area contributed by atoms with E-state index in [1.807, 2.05) is 56.3 Å². The lowest BCUT2D eigenvalue weighted by Crippen LogP contribution is -2.12. The number of carbonyl (C=O) groups excluding carboxylic acids is 1. The fourth-order valence-corrected chi connectivity index (χ4v) is 2.12. The molecule has 104 valence electrons. The van der Waals surface area contributed by atoms with Gasteiger partial charge in [0.15, 0.2) is 0 Å². The third-order valence-electron chi connectivity index (χ3n) is 2.94. The molecule has 0 fully saturated rings. The molecule has 0 aliphatic rings. The van der Waals surface area contributed by atoms with Crippen molar-refractivity contribution in [3.8, 4) is 0 Å². The van der Waals surface area contributed by atoms with E-state index in [0.29, 0.717) is 5.56 Å². The van der Waals surface area contributed by atoms with Gasteiger partial charge in [-0.2, -0.15) is 0 Å². The Hall–Kier alpha value is -1.81. The second-order valence-electron chi connectivity index (χ2n) is 4.53. The lowest BCUT2D eigenvalue weighted by molar-refractivity contribution is 0.102. The summed E-state index contributed by atoms with van der Waals surface area (Å²) >= 11 is 3.44. The van der Waals surface area contributed by atoms with Crippen molar-refractivity contribution >= 4 is 33.2 Å². The molecule has 3 nitrogen and oxygen atoms in total. The molecule has 20 heavy (non-hydrogen) atoms. The highest BCUT2D eigenvalue weighted by molar-refractivity contribution is 9.10. The maximum absolute atomic E-state index is 12.1. The van der Waals surface area contributed by atoms with Crippen LogP contribution in [0, 0.1) is 6.92 Å². The Balaban J connectivity index is 2.09. The number of aryl methyl sites for hydroxylation is 1. The second kappa shape index (κ2) is 6.57. The minimum atomic E-state index is -0.102. The number of halogens is 1. The largest absolute Gasteiger partial charge is 0.385 e. The Morgan fingerprint density at radius 1 is 1.10 bits per heavy atom. The number of anilines is 2. The molecule has 0 aliphatic carbocycles. The van der Waals surface area contributed by atoms with Crippen LogP contribution in [0.1, 0.15) is 22.8 Å². The molecule has 0 unspecified atom stereocenters. The molecular formula is C16H17BrN2O. The van der Waals surface area contributed by atoms with Crippen molar-refractivity contribution in [1.29, 1.82) is 0 Å². The van der Waals surface area contributed by atoms with Gasteiger partial charge in [-0.05, 0) is 61.9 Å². The van der Waals surface area contributed by atoms with E-state index >= 15 is 0 Å². The first-order valence-electron chi connectivity index (χ1n) is 6.51. The van der Waals surface area contributed by atoms with Crippen molar-refractivity contribution in [2.75, 3.05) is 17.2 Å². The Morgan fingerprint density at radius 2 is 1.75 bits per heavy atom. The smallest absolute Gasteiger partial charge is 0.255 e. The van der Waals surface area contributed by atoms with Crippen molar-refractivity contribution < 1.29 is 4.79 Å². The van der Waals surface area contributed by atoms with E-state index in [0.717, 1.165) is 28.0 Å². The Labute approximate surface area is 127 Å². The summed E-state index contributed by atoms with van der Waals surface area (Å²) in [6, 6.07) is 13.2. The molecule has 0 spiro atoms. The average molecular weight is 333 g/mol. The van der Waals surface area contributed by atoms with Gasteiger partial charge in [0.2, 0.25) is 0 Å². The molecule has 0 heterocycles. The van der Waals surface area contributed by atoms with Crippen molar-refractivity contribution in [1.82, 2.24) is 0 Å². The van der Waals surface area contributed by atoms with Crippen LogP contribution in [0.2, 0.25) is 0 Å². The molecule has 4 heteroatoms. The van der Waals surface area contributed by atoms with Crippen molar-refractivity contribution in [2.45, 2.75) is 13.8 Å². The monoisotopic (exact) mass is 332 g/mol. The van der Waals surface area contributed by atoms with Crippen molar-refractivity contribution in [3.05, 3.63) is 58.1 Å². The van der Waals surface area contributed by atoms with Gasteiger partial charge >= 0.3 is 0 Å². The van der Waals surface area contributed by atoms with Crippen LogP contribution in [0.4, 0.5) is 11.4 Å². The highest BCUT2D eigenvalue weighted by atomic mass is 79.9. The lowest BCUT2D eigenvalue weighted by atomic mass is 10.1. The molecule has 0 bridgehead atoms. The maximum atomic E-state index is 12.1. The number of nitrogens with one attached hydrogen (secondary N) is 2.